The second-order valence-electron chi connectivity index (χ2n) is 6.57. The van der Waals surface area contributed by atoms with Crippen LogP contribution in [0.3, 0.4) is 0 Å². The van der Waals surface area contributed by atoms with Gasteiger partial charge in [-0.25, -0.2) is 4.39 Å². The van der Waals surface area contributed by atoms with E-state index in [1.165, 1.54) is 42.7 Å². The molecule has 2 heterocycles. The van der Waals surface area contributed by atoms with Crippen molar-refractivity contribution >= 4 is 28.9 Å². The molecule has 0 radical (unpaired) electrons. The molecule has 0 bridgehead atoms. The fourth-order valence-electron chi connectivity index (χ4n) is 3.06. The predicted octanol–water partition coefficient (Wildman–Crippen LogP) is 0.218. The smallest absolute Gasteiger partial charge is 0.545 e. The SMILES string of the molecule is O=C([O-])c1cnccc1Nc1cc(-c2cc(Cl)ccc2F)c(=O)[nH]c1C1CC1.[Li+]. The van der Waals surface area contributed by atoms with Gasteiger partial charge in [0.2, 0.25) is 0 Å². The van der Waals surface area contributed by atoms with Gasteiger partial charge in [-0.1, -0.05) is 11.6 Å². The number of halogens is 2. The van der Waals surface area contributed by atoms with Gasteiger partial charge in [0.05, 0.1) is 22.9 Å². The van der Waals surface area contributed by atoms with Gasteiger partial charge < -0.3 is 20.2 Å². The van der Waals surface area contributed by atoms with Crippen molar-refractivity contribution in [1.82, 2.24) is 9.97 Å². The Morgan fingerprint density at radius 3 is 2.66 bits per heavy atom. The van der Waals surface area contributed by atoms with Crippen LogP contribution in [-0.4, -0.2) is 15.9 Å². The summed E-state index contributed by atoms with van der Waals surface area (Å²) in [6, 6.07) is 6.97. The molecule has 0 atom stereocenters. The quantitative estimate of drug-likeness (QED) is 0.592. The van der Waals surface area contributed by atoms with Crippen molar-refractivity contribution in [3.8, 4) is 11.1 Å². The molecule has 6 nitrogen and oxygen atoms in total. The Balaban J connectivity index is 0.00000240. The Morgan fingerprint density at radius 1 is 1.21 bits per heavy atom. The first-order valence-corrected chi connectivity index (χ1v) is 8.97. The molecular formula is C20H14ClFLiN3O3. The zero-order chi connectivity index (χ0) is 19.8. The van der Waals surface area contributed by atoms with Gasteiger partial charge in [0, 0.05) is 40.2 Å². The first-order valence-electron chi connectivity index (χ1n) is 8.59. The van der Waals surface area contributed by atoms with Gasteiger partial charge in [-0.15, -0.1) is 0 Å². The molecule has 0 amide bonds. The number of benzene rings is 1. The number of aromatic carboxylic acids is 1. The van der Waals surface area contributed by atoms with Gasteiger partial charge in [-0.3, -0.25) is 9.78 Å². The Labute approximate surface area is 182 Å². The van der Waals surface area contributed by atoms with Crippen LogP contribution in [0.15, 0.2) is 47.5 Å². The van der Waals surface area contributed by atoms with E-state index in [-0.39, 0.29) is 47.2 Å². The number of nitrogens with one attached hydrogen (secondary N) is 2. The molecule has 4 rings (SSSR count). The van der Waals surface area contributed by atoms with Crippen LogP contribution in [0.1, 0.15) is 34.8 Å². The molecule has 1 fully saturated rings. The van der Waals surface area contributed by atoms with Crippen molar-refractivity contribution in [3.63, 3.8) is 0 Å². The fourth-order valence-corrected chi connectivity index (χ4v) is 3.23. The Hall–Kier alpha value is -2.59. The molecule has 3 aromatic rings. The number of H-pyrrole nitrogens is 1. The predicted molar refractivity (Wildman–Crippen MR) is 101 cm³/mol. The van der Waals surface area contributed by atoms with E-state index >= 15 is 0 Å². The van der Waals surface area contributed by atoms with Gasteiger partial charge in [0.25, 0.3) is 5.56 Å². The van der Waals surface area contributed by atoms with Crippen LogP contribution in [0.2, 0.25) is 5.02 Å². The van der Waals surface area contributed by atoms with Crippen LogP contribution in [0, 0.1) is 5.82 Å². The van der Waals surface area contributed by atoms with Crippen LogP contribution in [-0.2, 0) is 0 Å². The van der Waals surface area contributed by atoms with Crippen molar-refractivity contribution in [1.29, 1.82) is 0 Å². The van der Waals surface area contributed by atoms with Crippen LogP contribution >= 0.6 is 11.6 Å². The molecule has 0 saturated heterocycles. The van der Waals surface area contributed by atoms with Crippen molar-refractivity contribution < 1.29 is 33.2 Å². The molecule has 2 N–H and O–H groups in total. The molecule has 1 saturated carbocycles. The monoisotopic (exact) mass is 405 g/mol. The average Bonchev–Trinajstić information content (AvgIpc) is 3.50. The zero-order valence-corrected chi connectivity index (χ0v) is 16.2. The summed E-state index contributed by atoms with van der Waals surface area (Å²) in [6.45, 7) is 0. The number of pyridine rings is 2. The van der Waals surface area contributed by atoms with Gasteiger partial charge in [0.15, 0.2) is 0 Å². The molecule has 1 aliphatic carbocycles. The van der Waals surface area contributed by atoms with E-state index in [4.69, 9.17) is 11.6 Å². The maximum absolute atomic E-state index is 14.3. The summed E-state index contributed by atoms with van der Waals surface area (Å²) in [5.41, 5.74) is 1.00. The average molecular weight is 406 g/mol. The topological polar surface area (TPSA) is 97.9 Å². The van der Waals surface area contributed by atoms with Crippen LogP contribution < -0.4 is 34.8 Å². The van der Waals surface area contributed by atoms with Gasteiger partial charge in [-0.05, 0) is 43.2 Å². The number of nitrogens with zero attached hydrogens (tertiary/aromatic N) is 1. The third-order valence-electron chi connectivity index (χ3n) is 4.59. The van der Waals surface area contributed by atoms with E-state index in [9.17, 15) is 19.1 Å². The number of carbonyl (C=O) groups is 1. The Bertz CT molecular complexity index is 1150. The number of carboxylic acid groups (broad SMARTS) is 1. The maximum Gasteiger partial charge on any atom is 1.00 e. The largest absolute Gasteiger partial charge is 1.00 e. The van der Waals surface area contributed by atoms with E-state index in [0.29, 0.717) is 16.4 Å². The molecule has 1 aromatic carbocycles. The summed E-state index contributed by atoms with van der Waals surface area (Å²) in [5, 5.41) is 14.7. The summed E-state index contributed by atoms with van der Waals surface area (Å²) in [5.74, 6) is -1.81. The first-order chi connectivity index (χ1) is 13.4. The third-order valence-corrected chi connectivity index (χ3v) is 4.82. The number of rotatable bonds is 5. The number of hydrogen-bond donors (Lipinski definition) is 2. The summed E-state index contributed by atoms with van der Waals surface area (Å²) >= 11 is 5.96. The number of hydrogen-bond acceptors (Lipinski definition) is 5. The van der Waals surface area contributed by atoms with E-state index in [1.54, 1.807) is 0 Å². The number of carbonyl (C=O) groups excluding carboxylic acids is 1. The molecule has 0 spiro atoms. The number of carboxylic acids is 1. The Kier molecular flexibility index (Phi) is 6.13. The van der Waals surface area contributed by atoms with Crippen molar-refractivity contribution in [2.24, 2.45) is 0 Å². The summed E-state index contributed by atoms with van der Waals surface area (Å²) in [6.07, 6.45) is 4.42. The van der Waals surface area contributed by atoms with Gasteiger partial charge in [0.1, 0.15) is 5.82 Å². The van der Waals surface area contributed by atoms with Crippen LogP contribution in [0.25, 0.3) is 11.1 Å². The van der Waals surface area contributed by atoms with Crippen molar-refractivity contribution in [2.75, 3.05) is 5.32 Å². The Morgan fingerprint density at radius 2 is 1.97 bits per heavy atom. The minimum Gasteiger partial charge on any atom is -0.545 e. The van der Waals surface area contributed by atoms with Gasteiger partial charge >= 0.3 is 18.9 Å². The molecule has 142 valence electrons. The van der Waals surface area contributed by atoms with E-state index in [1.807, 2.05) is 0 Å². The number of anilines is 2. The molecule has 2 aromatic heterocycles. The second-order valence-corrected chi connectivity index (χ2v) is 7.01. The van der Waals surface area contributed by atoms with E-state index in [0.717, 1.165) is 12.8 Å². The molecule has 0 unspecified atom stereocenters. The summed E-state index contributed by atoms with van der Waals surface area (Å²) in [7, 11) is 0. The van der Waals surface area contributed by atoms with Crippen molar-refractivity contribution in [3.05, 3.63) is 75.2 Å². The second kappa shape index (κ2) is 8.42. The first kappa shape index (κ1) is 21.1. The van der Waals surface area contributed by atoms with Crippen molar-refractivity contribution in [2.45, 2.75) is 18.8 Å². The van der Waals surface area contributed by atoms with Gasteiger partial charge in [-0.2, -0.15) is 0 Å². The summed E-state index contributed by atoms with van der Waals surface area (Å²) < 4.78 is 14.3. The normalized spacial score (nSPS) is 12.9. The number of aromatic amines is 1. The number of aromatic nitrogens is 2. The minimum absolute atomic E-state index is 0. The van der Waals surface area contributed by atoms with Crippen LogP contribution in [0.5, 0.6) is 0 Å². The van der Waals surface area contributed by atoms with E-state index < -0.39 is 17.3 Å². The fraction of sp³-hybridized carbons (Fsp3) is 0.150. The summed E-state index contributed by atoms with van der Waals surface area (Å²) in [4.78, 5) is 30.6. The molecule has 29 heavy (non-hydrogen) atoms. The van der Waals surface area contributed by atoms with Crippen LogP contribution in [0.4, 0.5) is 15.8 Å². The van der Waals surface area contributed by atoms with E-state index in [2.05, 4.69) is 15.3 Å². The maximum atomic E-state index is 14.3. The molecule has 1 aliphatic rings. The standard InChI is InChI=1S/C20H15ClFN3O3.Li/c21-11-3-4-15(22)12(7-11)13-8-17(18(10-1-2-10)25-19(13)26)24-16-5-6-23-9-14(16)20(27)28;/h3-10H,1-2H2,(H,23,24)(H,25,26)(H,27,28);/q;+1/p-1. The molecular weight excluding hydrogens is 392 g/mol. The molecule has 9 heteroatoms. The third kappa shape index (κ3) is 4.38. The molecule has 0 aliphatic heterocycles. The zero-order valence-electron chi connectivity index (χ0n) is 15.5. The minimum atomic E-state index is -1.38.